The van der Waals surface area contributed by atoms with Gasteiger partial charge >= 0.3 is 0 Å². The molecule has 1 aliphatic heterocycles. The Morgan fingerprint density at radius 3 is 2.87 bits per heavy atom. The van der Waals surface area contributed by atoms with Gasteiger partial charge in [-0.15, -0.1) is 0 Å². The number of hydrogen-bond donors (Lipinski definition) is 1. The minimum absolute atomic E-state index is 0.222. The average Bonchev–Trinajstić information content (AvgIpc) is 2.60. The zero-order chi connectivity index (χ0) is 10.8. The van der Waals surface area contributed by atoms with Crippen LogP contribution in [0.4, 0.5) is 5.69 Å². The summed E-state index contributed by atoms with van der Waals surface area (Å²) in [5, 5.41) is 4.52. The van der Waals surface area contributed by atoms with E-state index in [2.05, 4.69) is 12.2 Å². The Balaban J connectivity index is 2.13. The van der Waals surface area contributed by atoms with Crippen molar-refractivity contribution in [2.75, 3.05) is 11.9 Å². The first-order chi connectivity index (χ1) is 7.18. The Hall–Kier alpha value is -0.440. The van der Waals surface area contributed by atoms with E-state index in [1.54, 1.807) is 6.07 Å². The van der Waals surface area contributed by atoms with Crippen LogP contribution in [0.25, 0.3) is 0 Å². The van der Waals surface area contributed by atoms with Gasteiger partial charge in [0.15, 0.2) is 0 Å². The highest BCUT2D eigenvalue weighted by molar-refractivity contribution is 6.43. The van der Waals surface area contributed by atoms with Gasteiger partial charge in [0, 0.05) is 6.61 Å². The number of ether oxygens (including phenoxy) is 1. The number of benzene rings is 1. The van der Waals surface area contributed by atoms with Crippen LogP contribution < -0.4 is 5.32 Å². The first kappa shape index (κ1) is 11.1. The van der Waals surface area contributed by atoms with Crippen LogP contribution in [-0.2, 0) is 4.74 Å². The molecule has 0 radical (unpaired) electrons. The van der Waals surface area contributed by atoms with Crippen molar-refractivity contribution < 1.29 is 4.74 Å². The summed E-state index contributed by atoms with van der Waals surface area (Å²) >= 11 is 12.0. The molecule has 1 saturated heterocycles. The molecule has 0 saturated carbocycles. The summed E-state index contributed by atoms with van der Waals surface area (Å²) < 4.78 is 5.47. The predicted molar refractivity (Wildman–Crippen MR) is 63.9 cm³/mol. The third-order valence-corrected chi connectivity index (χ3v) is 3.49. The van der Waals surface area contributed by atoms with Gasteiger partial charge in [0.2, 0.25) is 0 Å². The third-order valence-electron chi connectivity index (χ3n) is 2.67. The molecule has 0 amide bonds. The van der Waals surface area contributed by atoms with E-state index >= 15 is 0 Å². The fraction of sp³-hybridized carbons (Fsp3) is 0.455. The summed E-state index contributed by atoms with van der Waals surface area (Å²) in [7, 11) is 0. The van der Waals surface area contributed by atoms with Crippen LogP contribution in [0.1, 0.15) is 13.3 Å². The van der Waals surface area contributed by atoms with Crippen molar-refractivity contribution >= 4 is 28.9 Å². The normalized spacial score (nSPS) is 25.5. The van der Waals surface area contributed by atoms with E-state index in [0.29, 0.717) is 16.1 Å². The molecule has 2 atom stereocenters. The molecule has 1 heterocycles. The molecule has 2 unspecified atom stereocenters. The molecule has 1 aromatic carbocycles. The fourth-order valence-electron chi connectivity index (χ4n) is 1.74. The summed E-state index contributed by atoms with van der Waals surface area (Å²) in [5.74, 6) is 0. The molecule has 1 fully saturated rings. The van der Waals surface area contributed by atoms with Crippen molar-refractivity contribution in [1.82, 2.24) is 0 Å². The number of hydrogen-bond acceptors (Lipinski definition) is 2. The van der Waals surface area contributed by atoms with Crippen molar-refractivity contribution in [3.8, 4) is 0 Å². The molecule has 0 bridgehead atoms. The Labute approximate surface area is 99.5 Å². The summed E-state index contributed by atoms with van der Waals surface area (Å²) in [6.45, 7) is 2.86. The van der Waals surface area contributed by atoms with Gasteiger partial charge < -0.3 is 10.1 Å². The van der Waals surface area contributed by atoms with Crippen molar-refractivity contribution in [3.05, 3.63) is 28.2 Å². The number of halogens is 2. The maximum Gasteiger partial charge on any atom is 0.0823 e. The zero-order valence-electron chi connectivity index (χ0n) is 8.47. The van der Waals surface area contributed by atoms with Gasteiger partial charge in [-0.1, -0.05) is 29.3 Å². The lowest BCUT2D eigenvalue weighted by atomic mass is 10.1. The first-order valence-corrected chi connectivity index (χ1v) is 5.76. The lowest BCUT2D eigenvalue weighted by Gasteiger charge is -2.18. The minimum atomic E-state index is 0.222. The molecule has 15 heavy (non-hydrogen) atoms. The fourth-order valence-corrected chi connectivity index (χ4v) is 2.09. The average molecular weight is 246 g/mol. The molecule has 2 rings (SSSR count). The van der Waals surface area contributed by atoms with Crippen LogP contribution >= 0.6 is 23.2 Å². The first-order valence-electron chi connectivity index (χ1n) is 5.00. The van der Waals surface area contributed by atoms with Crippen molar-refractivity contribution in [3.63, 3.8) is 0 Å². The maximum absolute atomic E-state index is 6.08. The SMILES string of the molecule is CC1OCCC1Nc1cccc(Cl)c1Cl. The van der Waals surface area contributed by atoms with Gasteiger partial charge in [0.25, 0.3) is 0 Å². The van der Waals surface area contributed by atoms with Crippen LogP contribution in [0, 0.1) is 0 Å². The second kappa shape index (κ2) is 4.60. The molecule has 0 aromatic heterocycles. The van der Waals surface area contributed by atoms with Crippen LogP contribution in [-0.4, -0.2) is 18.8 Å². The van der Waals surface area contributed by atoms with Crippen LogP contribution in [0.5, 0.6) is 0 Å². The van der Waals surface area contributed by atoms with Gasteiger partial charge in [-0.2, -0.15) is 0 Å². The topological polar surface area (TPSA) is 21.3 Å². The maximum atomic E-state index is 6.08. The molecular weight excluding hydrogens is 233 g/mol. The Morgan fingerprint density at radius 2 is 2.20 bits per heavy atom. The van der Waals surface area contributed by atoms with E-state index < -0.39 is 0 Å². The standard InChI is InChI=1S/C11H13Cl2NO/c1-7-9(5-6-15-7)14-10-4-2-3-8(12)11(10)13/h2-4,7,9,14H,5-6H2,1H3. The molecule has 0 spiro atoms. The van der Waals surface area contributed by atoms with Gasteiger partial charge in [-0.05, 0) is 25.5 Å². The third kappa shape index (κ3) is 2.39. The lowest BCUT2D eigenvalue weighted by Crippen LogP contribution is -2.26. The van der Waals surface area contributed by atoms with E-state index in [-0.39, 0.29) is 6.10 Å². The van der Waals surface area contributed by atoms with Crippen molar-refractivity contribution in [2.45, 2.75) is 25.5 Å². The van der Waals surface area contributed by atoms with Gasteiger partial charge in [-0.3, -0.25) is 0 Å². The van der Waals surface area contributed by atoms with Crippen molar-refractivity contribution in [2.24, 2.45) is 0 Å². The second-order valence-corrected chi connectivity index (χ2v) is 4.50. The predicted octanol–water partition coefficient (Wildman–Crippen LogP) is 3.58. The molecule has 1 aliphatic rings. The number of nitrogens with one attached hydrogen (secondary N) is 1. The van der Waals surface area contributed by atoms with Gasteiger partial charge in [0.05, 0.1) is 27.9 Å². The van der Waals surface area contributed by atoms with E-state index in [4.69, 9.17) is 27.9 Å². The van der Waals surface area contributed by atoms with E-state index in [1.807, 2.05) is 12.1 Å². The highest BCUT2D eigenvalue weighted by Gasteiger charge is 2.24. The largest absolute Gasteiger partial charge is 0.378 e. The number of anilines is 1. The minimum Gasteiger partial charge on any atom is -0.378 e. The number of rotatable bonds is 2. The lowest BCUT2D eigenvalue weighted by molar-refractivity contribution is 0.121. The monoisotopic (exact) mass is 245 g/mol. The molecule has 1 N–H and O–H groups in total. The molecular formula is C11H13Cl2NO. The van der Waals surface area contributed by atoms with Crippen LogP contribution in [0.2, 0.25) is 10.0 Å². The quantitative estimate of drug-likeness (QED) is 0.861. The summed E-state index contributed by atoms with van der Waals surface area (Å²) in [5.41, 5.74) is 0.881. The smallest absolute Gasteiger partial charge is 0.0823 e. The van der Waals surface area contributed by atoms with Crippen molar-refractivity contribution in [1.29, 1.82) is 0 Å². The molecule has 1 aromatic rings. The highest BCUT2D eigenvalue weighted by atomic mass is 35.5. The molecule has 0 aliphatic carbocycles. The second-order valence-electron chi connectivity index (χ2n) is 3.72. The highest BCUT2D eigenvalue weighted by Crippen LogP contribution is 2.31. The summed E-state index contributed by atoms with van der Waals surface area (Å²) in [6.07, 6.45) is 1.23. The van der Waals surface area contributed by atoms with E-state index in [9.17, 15) is 0 Å². The van der Waals surface area contributed by atoms with Crippen LogP contribution in [0.3, 0.4) is 0 Å². The molecule has 2 nitrogen and oxygen atoms in total. The summed E-state index contributed by atoms with van der Waals surface area (Å²) in [6, 6.07) is 5.92. The Bertz CT molecular complexity index is 356. The molecule has 4 heteroatoms. The van der Waals surface area contributed by atoms with E-state index in [0.717, 1.165) is 18.7 Å². The Morgan fingerprint density at radius 1 is 1.40 bits per heavy atom. The molecule has 82 valence electrons. The van der Waals surface area contributed by atoms with Gasteiger partial charge in [0.1, 0.15) is 0 Å². The van der Waals surface area contributed by atoms with Crippen LogP contribution in [0.15, 0.2) is 18.2 Å². The van der Waals surface area contributed by atoms with Gasteiger partial charge in [-0.25, -0.2) is 0 Å². The van der Waals surface area contributed by atoms with E-state index in [1.165, 1.54) is 0 Å². The summed E-state index contributed by atoms with van der Waals surface area (Å²) in [4.78, 5) is 0. The Kier molecular flexibility index (Phi) is 3.39. The zero-order valence-corrected chi connectivity index (χ0v) is 9.98.